The average Bonchev–Trinajstić information content (AvgIpc) is 2.70. The van der Waals surface area contributed by atoms with E-state index in [1.807, 2.05) is 11.8 Å². The van der Waals surface area contributed by atoms with E-state index >= 15 is 0 Å². The van der Waals surface area contributed by atoms with Crippen LogP contribution in [0.1, 0.15) is 12.5 Å². The first-order chi connectivity index (χ1) is 8.36. The Kier molecular flexibility index (Phi) is 4.51. The van der Waals surface area contributed by atoms with Crippen molar-refractivity contribution in [3.05, 3.63) is 36.0 Å². The Morgan fingerprint density at radius 3 is 2.88 bits per heavy atom. The van der Waals surface area contributed by atoms with E-state index < -0.39 is 0 Å². The van der Waals surface area contributed by atoms with Crippen LogP contribution in [-0.4, -0.2) is 22.6 Å². The van der Waals surface area contributed by atoms with Crippen LogP contribution in [0.25, 0.3) is 10.9 Å². The Bertz CT molecular complexity index is 476. The van der Waals surface area contributed by atoms with E-state index in [2.05, 4.69) is 42.0 Å². The number of para-hydroxylation sites is 1. The molecule has 0 aliphatic heterocycles. The smallest absolute Gasteiger partial charge is 0.0483 e. The lowest BCUT2D eigenvalue weighted by Crippen LogP contribution is -2.02. The van der Waals surface area contributed by atoms with Gasteiger partial charge in [-0.3, -0.25) is 0 Å². The van der Waals surface area contributed by atoms with Crippen LogP contribution < -0.4 is 5.73 Å². The predicted octanol–water partition coefficient (Wildman–Crippen LogP) is 2.90. The molecule has 0 atom stereocenters. The van der Waals surface area contributed by atoms with Gasteiger partial charge in [-0.05, 0) is 30.3 Å². The fourth-order valence-corrected chi connectivity index (χ4v) is 2.78. The number of aryl methyl sites for hydroxylation is 1. The quantitative estimate of drug-likeness (QED) is 0.797. The fraction of sp³-hybridized carbons (Fsp3) is 0.429. The molecule has 0 saturated carbocycles. The average molecular weight is 248 g/mol. The molecule has 0 radical (unpaired) electrons. The minimum Gasteiger partial charge on any atom is -0.346 e. The van der Waals surface area contributed by atoms with Crippen LogP contribution in [-0.2, 0) is 13.0 Å². The summed E-state index contributed by atoms with van der Waals surface area (Å²) >= 11 is 1.99. The molecular weight excluding hydrogens is 228 g/mol. The zero-order valence-corrected chi connectivity index (χ0v) is 11.2. The molecule has 1 heterocycles. The van der Waals surface area contributed by atoms with E-state index in [9.17, 15) is 0 Å². The van der Waals surface area contributed by atoms with Crippen molar-refractivity contribution in [2.75, 3.05) is 18.1 Å². The van der Waals surface area contributed by atoms with Gasteiger partial charge in [-0.2, -0.15) is 11.8 Å². The maximum absolute atomic E-state index is 5.67. The van der Waals surface area contributed by atoms with Crippen molar-refractivity contribution in [2.24, 2.45) is 5.73 Å². The monoisotopic (exact) mass is 248 g/mol. The summed E-state index contributed by atoms with van der Waals surface area (Å²) in [4.78, 5) is 0. The number of nitrogens with zero attached hydrogens (tertiary/aromatic N) is 1. The number of fused-ring (bicyclic) bond motifs is 1. The number of hydrogen-bond acceptors (Lipinski definition) is 2. The Morgan fingerprint density at radius 2 is 2.12 bits per heavy atom. The first kappa shape index (κ1) is 12.5. The summed E-state index contributed by atoms with van der Waals surface area (Å²) < 4.78 is 2.36. The fourth-order valence-electron chi connectivity index (χ4n) is 2.17. The molecule has 92 valence electrons. The first-order valence-corrected chi connectivity index (χ1v) is 7.37. The van der Waals surface area contributed by atoms with E-state index in [0.717, 1.165) is 19.5 Å². The van der Waals surface area contributed by atoms with Crippen LogP contribution in [0.2, 0.25) is 0 Å². The van der Waals surface area contributed by atoms with Crippen LogP contribution in [0.4, 0.5) is 0 Å². The number of aromatic nitrogens is 1. The van der Waals surface area contributed by atoms with E-state index in [1.165, 1.54) is 28.0 Å². The molecule has 0 aliphatic rings. The third-order valence-corrected chi connectivity index (χ3v) is 3.84. The maximum atomic E-state index is 5.67. The zero-order chi connectivity index (χ0) is 12.1. The molecule has 1 aromatic heterocycles. The first-order valence-electron chi connectivity index (χ1n) is 6.21. The van der Waals surface area contributed by atoms with Crippen molar-refractivity contribution in [3.63, 3.8) is 0 Å². The number of hydrogen-bond donors (Lipinski definition) is 1. The van der Waals surface area contributed by atoms with Crippen molar-refractivity contribution in [1.82, 2.24) is 4.57 Å². The lowest BCUT2D eigenvalue weighted by Gasteiger charge is -2.03. The van der Waals surface area contributed by atoms with Gasteiger partial charge in [-0.25, -0.2) is 0 Å². The Hall–Kier alpha value is -0.930. The van der Waals surface area contributed by atoms with Crippen molar-refractivity contribution in [3.8, 4) is 0 Å². The van der Waals surface area contributed by atoms with Gasteiger partial charge in [0.25, 0.3) is 0 Å². The summed E-state index contributed by atoms with van der Waals surface area (Å²) in [5, 5.41) is 1.36. The molecule has 2 nitrogen and oxygen atoms in total. The minimum absolute atomic E-state index is 0.720. The third kappa shape index (κ3) is 2.85. The van der Waals surface area contributed by atoms with Gasteiger partial charge in [0.1, 0.15) is 0 Å². The van der Waals surface area contributed by atoms with E-state index in [4.69, 9.17) is 5.73 Å². The molecule has 2 aromatic rings. The van der Waals surface area contributed by atoms with Crippen LogP contribution in [0.3, 0.4) is 0 Å². The Morgan fingerprint density at radius 1 is 1.29 bits per heavy atom. The second kappa shape index (κ2) is 6.12. The molecule has 17 heavy (non-hydrogen) atoms. The maximum Gasteiger partial charge on any atom is 0.0483 e. The minimum atomic E-state index is 0.720. The standard InChI is InChI=1S/C14H20N2S/c1-2-17-10-9-16-11-12(7-8-15)13-5-3-4-6-14(13)16/h3-6,11H,2,7-10,15H2,1H3. The van der Waals surface area contributed by atoms with E-state index in [0.29, 0.717) is 0 Å². The normalized spacial score (nSPS) is 11.2. The number of rotatable bonds is 6. The lowest BCUT2D eigenvalue weighted by atomic mass is 10.1. The SMILES string of the molecule is CCSCCn1cc(CCN)c2ccccc21. The van der Waals surface area contributed by atoms with Crippen molar-refractivity contribution < 1.29 is 0 Å². The van der Waals surface area contributed by atoms with Crippen LogP contribution in [0.5, 0.6) is 0 Å². The van der Waals surface area contributed by atoms with Gasteiger partial charge in [-0.15, -0.1) is 0 Å². The van der Waals surface area contributed by atoms with Gasteiger partial charge < -0.3 is 10.3 Å². The second-order valence-corrected chi connectivity index (χ2v) is 5.49. The van der Waals surface area contributed by atoms with Crippen LogP contribution in [0.15, 0.2) is 30.5 Å². The summed E-state index contributed by atoms with van der Waals surface area (Å²) in [6.07, 6.45) is 3.24. The Balaban J connectivity index is 2.28. The number of nitrogens with two attached hydrogens (primary N) is 1. The highest BCUT2D eigenvalue weighted by atomic mass is 32.2. The van der Waals surface area contributed by atoms with Crippen LogP contribution in [0, 0.1) is 0 Å². The second-order valence-electron chi connectivity index (χ2n) is 4.10. The van der Waals surface area contributed by atoms with Gasteiger partial charge >= 0.3 is 0 Å². The van der Waals surface area contributed by atoms with Crippen molar-refractivity contribution >= 4 is 22.7 Å². The molecule has 0 spiro atoms. The molecule has 1 aromatic carbocycles. The van der Waals surface area contributed by atoms with Gasteiger partial charge in [0, 0.05) is 29.4 Å². The molecule has 0 bridgehead atoms. The molecule has 2 N–H and O–H groups in total. The molecule has 2 rings (SSSR count). The lowest BCUT2D eigenvalue weighted by molar-refractivity contribution is 0.800. The largest absolute Gasteiger partial charge is 0.346 e. The van der Waals surface area contributed by atoms with Gasteiger partial charge in [0.2, 0.25) is 0 Å². The van der Waals surface area contributed by atoms with Crippen LogP contribution >= 0.6 is 11.8 Å². The summed E-state index contributed by atoms with van der Waals surface area (Å²) in [7, 11) is 0. The highest BCUT2D eigenvalue weighted by Gasteiger charge is 2.06. The van der Waals surface area contributed by atoms with Crippen molar-refractivity contribution in [1.29, 1.82) is 0 Å². The molecule has 0 saturated heterocycles. The molecule has 0 fully saturated rings. The third-order valence-electron chi connectivity index (χ3n) is 2.97. The highest BCUT2D eigenvalue weighted by Crippen LogP contribution is 2.22. The summed E-state index contributed by atoms with van der Waals surface area (Å²) in [5.41, 5.74) is 8.39. The van der Waals surface area contributed by atoms with Gasteiger partial charge in [0.05, 0.1) is 0 Å². The predicted molar refractivity (Wildman–Crippen MR) is 77.7 cm³/mol. The molecule has 0 amide bonds. The number of benzene rings is 1. The molecule has 3 heteroatoms. The molecule has 0 aliphatic carbocycles. The molecular formula is C14H20N2S. The van der Waals surface area contributed by atoms with Gasteiger partial charge in [-0.1, -0.05) is 25.1 Å². The zero-order valence-electron chi connectivity index (χ0n) is 10.4. The molecule has 0 unspecified atom stereocenters. The summed E-state index contributed by atoms with van der Waals surface area (Å²) in [6.45, 7) is 4.01. The van der Waals surface area contributed by atoms with E-state index in [-0.39, 0.29) is 0 Å². The van der Waals surface area contributed by atoms with Crippen molar-refractivity contribution in [2.45, 2.75) is 19.9 Å². The Labute approximate surface area is 107 Å². The summed E-state index contributed by atoms with van der Waals surface area (Å²) in [5.74, 6) is 2.37. The summed E-state index contributed by atoms with van der Waals surface area (Å²) in [6, 6.07) is 8.61. The number of thioether (sulfide) groups is 1. The highest BCUT2D eigenvalue weighted by molar-refractivity contribution is 7.99. The van der Waals surface area contributed by atoms with E-state index in [1.54, 1.807) is 0 Å². The topological polar surface area (TPSA) is 30.9 Å². The van der Waals surface area contributed by atoms with Gasteiger partial charge in [0.15, 0.2) is 0 Å².